The van der Waals surface area contributed by atoms with Gasteiger partial charge in [0, 0.05) is 24.2 Å². The lowest BCUT2D eigenvalue weighted by Crippen LogP contribution is -2.37. The Labute approximate surface area is 156 Å². The minimum absolute atomic E-state index is 0.0141. The summed E-state index contributed by atoms with van der Waals surface area (Å²) in [7, 11) is -3.25. The molecule has 0 fully saturated rings. The van der Waals surface area contributed by atoms with Crippen LogP contribution in [0.1, 0.15) is 16.3 Å². The summed E-state index contributed by atoms with van der Waals surface area (Å²) in [4.78, 5) is 20.5. The Morgan fingerprint density at radius 3 is 2.88 bits per heavy atom. The summed E-state index contributed by atoms with van der Waals surface area (Å²) in [6.07, 6.45) is 2.06. The second-order valence-corrected chi connectivity index (χ2v) is 9.75. The van der Waals surface area contributed by atoms with Gasteiger partial charge in [-0.25, -0.2) is 13.4 Å². The number of benzene rings is 1. The Balaban J connectivity index is 1.64. The first kappa shape index (κ1) is 17.2. The summed E-state index contributed by atoms with van der Waals surface area (Å²) < 4.78 is 25.3. The van der Waals surface area contributed by atoms with Gasteiger partial charge in [0.15, 0.2) is 9.84 Å². The molecule has 1 aliphatic rings. The minimum atomic E-state index is -3.25. The van der Waals surface area contributed by atoms with Crippen LogP contribution in [0.25, 0.3) is 11.0 Å². The Hall–Kier alpha value is -2.19. The van der Waals surface area contributed by atoms with Gasteiger partial charge >= 0.3 is 0 Å². The van der Waals surface area contributed by atoms with Crippen molar-refractivity contribution in [2.24, 2.45) is 0 Å². The van der Waals surface area contributed by atoms with Crippen molar-refractivity contribution in [1.29, 1.82) is 0 Å². The molecule has 26 heavy (non-hydrogen) atoms. The molecule has 0 unspecified atom stereocenters. The van der Waals surface area contributed by atoms with Gasteiger partial charge in [0.2, 0.25) is 5.91 Å². The summed E-state index contributed by atoms with van der Waals surface area (Å²) >= 11 is 1.74. The van der Waals surface area contributed by atoms with Crippen molar-refractivity contribution < 1.29 is 13.2 Å². The topological polar surface area (TPSA) is 72.3 Å². The smallest absolute Gasteiger partial charge is 0.242 e. The second-order valence-electron chi connectivity index (χ2n) is 6.61. The molecule has 3 aromatic rings. The van der Waals surface area contributed by atoms with Gasteiger partial charge in [-0.05, 0) is 35.6 Å². The predicted molar refractivity (Wildman–Crippen MR) is 102 cm³/mol. The summed E-state index contributed by atoms with van der Waals surface area (Å²) in [6, 6.07) is 9.50. The molecular formula is C18H19N3O3S2. The molecule has 1 aliphatic heterocycles. The summed E-state index contributed by atoms with van der Waals surface area (Å²) in [5.41, 5.74) is 2.70. The van der Waals surface area contributed by atoms with E-state index in [4.69, 9.17) is 0 Å². The highest BCUT2D eigenvalue weighted by Crippen LogP contribution is 2.25. The van der Waals surface area contributed by atoms with E-state index in [2.05, 4.69) is 16.4 Å². The van der Waals surface area contributed by atoms with Crippen LogP contribution in [0.5, 0.6) is 0 Å². The largest absolute Gasteiger partial charge is 0.336 e. The molecule has 136 valence electrons. The normalized spacial score (nSPS) is 14.6. The van der Waals surface area contributed by atoms with E-state index < -0.39 is 9.84 Å². The lowest BCUT2D eigenvalue weighted by atomic mass is 10.1. The molecule has 0 atom stereocenters. The number of rotatable bonds is 4. The molecule has 0 radical (unpaired) electrons. The fourth-order valence-corrected chi connectivity index (χ4v) is 4.92. The number of aromatic nitrogens is 2. The maximum Gasteiger partial charge on any atom is 0.242 e. The Morgan fingerprint density at radius 2 is 2.08 bits per heavy atom. The molecule has 4 rings (SSSR count). The average Bonchev–Trinajstić information content (AvgIpc) is 3.18. The molecule has 1 aromatic carbocycles. The monoisotopic (exact) mass is 389 g/mol. The van der Waals surface area contributed by atoms with Crippen LogP contribution >= 0.6 is 11.3 Å². The predicted octanol–water partition coefficient (Wildman–Crippen LogP) is 2.23. The summed E-state index contributed by atoms with van der Waals surface area (Å²) in [6.45, 7) is 1.41. The first-order chi connectivity index (χ1) is 12.4. The molecule has 6 nitrogen and oxygen atoms in total. The number of nitrogens with zero attached hydrogens (tertiary/aromatic N) is 3. The van der Waals surface area contributed by atoms with Gasteiger partial charge in [-0.15, -0.1) is 11.3 Å². The lowest BCUT2D eigenvalue weighted by Gasteiger charge is -2.27. The van der Waals surface area contributed by atoms with Crippen molar-refractivity contribution in [1.82, 2.24) is 14.5 Å². The van der Waals surface area contributed by atoms with Crippen LogP contribution in [-0.2, 0) is 39.9 Å². The first-order valence-electron chi connectivity index (χ1n) is 8.35. The number of thiophene rings is 1. The third kappa shape index (κ3) is 3.39. The number of para-hydroxylation sites is 2. The number of carbonyl (C=O) groups is 1. The van der Waals surface area contributed by atoms with Gasteiger partial charge < -0.3 is 9.47 Å². The van der Waals surface area contributed by atoms with E-state index in [0.29, 0.717) is 24.4 Å². The average molecular weight is 390 g/mol. The summed E-state index contributed by atoms with van der Waals surface area (Å²) in [5.74, 6) is 0.221. The molecule has 0 saturated carbocycles. The fourth-order valence-electron chi connectivity index (χ4n) is 3.34. The molecule has 3 heterocycles. The minimum Gasteiger partial charge on any atom is -0.336 e. The summed E-state index contributed by atoms with van der Waals surface area (Å²) in [5, 5.41) is 2.06. The van der Waals surface area contributed by atoms with E-state index in [1.54, 1.807) is 15.9 Å². The van der Waals surface area contributed by atoms with Crippen molar-refractivity contribution in [2.45, 2.75) is 25.3 Å². The van der Waals surface area contributed by atoms with E-state index in [9.17, 15) is 13.2 Å². The number of hydrogen-bond donors (Lipinski definition) is 0. The number of carbonyl (C=O) groups excluding carboxylic acids is 1. The molecule has 2 aromatic heterocycles. The van der Waals surface area contributed by atoms with Crippen LogP contribution in [0, 0.1) is 0 Å². The van der Waals surface area contributed by atoms with E-state index in [1.165, 1.54) is 16.7 Å². The zero-order valence-corrected chi connectivity index (χ0v) is 16.0. The number of amides is 1. The third-order valence-corrected chi connectivity index (χ3v) is 6.38. The van der Waals surface area contributed by atoms with Crippen LogP contribution < -0.4 is 0 Å². The van der Waals surface area contributed by atoms with Crippen molar-refractivity contribution in [3.05, 3.63) is 52.0 Å². The molecule has 0 bridgehead atoms. The lowest BCUT2D eigenvalue weighted by molar-refractivity contribution is -0.132. The SMILES string of the molecule is CS(=O)(=O)Cc1nc2ccccc2n1CC(=O)N1CCc2sccc2C1. The molecule has 0 saturated heterocycles. The standard InChI is InChI=1S/C18H19N3O3S2/c1-26(23,24)12-17-19-14-4-2-3-5-15(14)21(17)11-18(22)20-8-6-16-13(10-20)7-9-25-16/h2-5,7,9H,6,8,10-12H2,1H3. The highest BCUT2D eigenvalue weighted by molar-refractivity contribution is 7.89. The molecular weight excluding hydrogens is 370 g/mol. The molecule has 8 heteroatoms. The van der Waals surface area contributed by atoms with Crippen molar-refractivity contribution in [3.63, 3.8) is 0 Å². The Kier molecular flexibility index (Phi) is 4.32. The Bertz CT molecular complexity index is 1080. The van der Waals surface area contributed by atoms with Crippen LogP contribution in [0.15, 0.2) is 35.7 Å². The van der Waals surface area contributed by atoms with Crippen molar-refractivity contribution in [2.75, 3.05) is 12.8 Å². The van der Waals surface area contributed by atoms with Crippen LogP contribution in [0.3, 0.4) is 0 Å². The molecule has 0 spiro atoms. The van der Waals surface area contributed by atoms with Gasteiger partial charge in [-0.1, -0.05) is 12.1 Å². The molecule has 1 amide bonds. The van der Waals surface area contributed by atoms with Crippen LogP contribution in [-0.4, -0.2) is 41.6 Å². The molecule has 0 aliphatic carbocycles. The van der Waals surface area contributed by atoms with Gasteiger partial charge in [0.25, 0.3) is 0 Å². The van der Waals surface area contributed by atoms with Crippen LogP contribution in [0.2, 0.25) is 0 Å². The second kappa shape index (κ2) is 6.51. The van der Waals surface area contributed by atoms with Gasteiger partial charge in [-0.3, -0.25) is 4.79 Å². The van der Waals surface area contributed by atoms with E-state index in [0.717, 1.165) is 11.9 Å². The first-order valence-corrected chi connectivity index (χ1v) is 11.3. The van der Waals surface area contributed by atoms with Gasteiger partial charge in [0.05, 0.1) is 11.0 Å². The zero-order valence-electron chi connectivity index (χ0n) is 14.4. The highest BCUT2D eigenvalue weighted by atomic mass is 32.2. The van der Waals surface area contributed by atoms with E-state index in [1.807, 2.05) is 29.2 Å². The number of sulfone groups is 1. The maximum absolute atomic E-state index is 12.9. The number of imidazole rings is 1. The van der Waals surface area contributed by atoms with Crippen molar-refractivity contribution >= 4 is 38.1 Å². The van der Waals surface area contributed by atoms with Crippen LogP contribution in [0.4, 0.5) is 0 Å². The number of hydrogen-bond acceptors (Lipinski definition) is 5. The quantitative estimate of drug-likeness (QED) is 0.686. The molecule has 0 N–H and O–H groups in total. The van der Waals surface area contributed by atoms with Gasteiger partial charge in [0.1, 0.15) is 18.1 Å². The highest BCUT2D eigenvalue weighted by Gasteiger charge is 2.24. The zero-order chi connectivity index (χ0) is 18.3. The van der Waals surface area contributed by atoms with E-state index in [-0.39, 0.29) is 18.2 Å². The fraction of sp³-hybridized carbons (Fsp3) is 0.333. The Morgan fingerprint density at radius 1 is 1.27 bits per heavy atom. The third-order valence-electron chi connectivity index (χ3n) is 4.58. The van der Waals surface area contributed by atoms with Crippen molar-refractivity contribution in [3.8, 4) is 0 Å². The van der Waals surface area contributed by atoms with Gasteiger partial charge in [-0.2, -0.15) is 0 Å². The van der Waals surface area contributed by atoms with E-state index >= 15 is 0 Å². The maximum atomic E-state index is 12.9. The number of fused-ring (bicyclic) bond motifs is 2.